The highest BCUT2D eigenvalue weighted by Gasteiger charge is 2.35. The monoisotopic (exact) mass is 264 g/mol. The lowest BCUT2D eigenvalue weighted by Gasteiger charge is -2.37. The molecule has 106 valence electrons. The van der Waals surface area contributed by atoms with Crippen molar-refractivity contribution >= 4 is 11.8 Å². The average molecular weight is 264 g/mol. The van der Waals surface area contributed by atoms with Crippen LogP contribution in [0.4, 0.5) is 0 Å². The molecule has 0 unspecified atom stereocenters. The molecule has 1 atom stereocenters. The van der Waals surface area contributed by atoms with Crippen LogP contribution in [0.25, 0.3) is 0 Å². The Morgan fingerprint density at radius 3 is 2.42 bits per heavy atom. The minimum atomic E-state index is 0.0268. The van der Waals surface area contributed by atoms with Gasteiger partial charge in [0, 0.05) is 25.0 Å². The molecule has 2 aliphatic carbocycles. The van der Waals surface area contributed by atoms with Crippen LogP contribution in [-0.4, -0.2) is 35.3 Å². The second-order valence-corrected chi connectivity index (χ2v) is 6.36. The van der Waals surface area contributed by atoms with Gasteiger partial charge in [0.05, 0.1) is 5.92 Å². The summed E-state index contributed by atoms with van der Waals surface area (Å²) < 4.78 is 0. The molecule has 4 nitrogen and oxygen atoms in total. The van der Waals surface area contributed by atoms with Gasteiger partial charge in [-0.2, -0.15) is 0 Å². The van der Waals surface area contributed by atoms with E-state index in [2.05, 4.69) is 5.32 Å². The molecule has 0 spiro atoms. The molecule has 0 aromatic carbocycles. The zero-order valence-electron chi connectivity index (χ0n) is 11.6. The summed E-state index contributed by atoms with van der Waals surface area (Å²) in [5.41, 5.74) is 0. The number of piperidine rings is 1. The van der Waals surface area contributed by atoms with Gasteiger partial charge in [-0.1, -0.05) is 12.8 Å². The second kappa shape index (κ2) is 5.51. The van der Waals surface area contributed by atoms with Gasteiger partial charge in [-0.25, -0.2) is 0 Å². The Balaban J connectivity index is 1.57. The quantitative estimate of drug-likeness (QED) is 0.845. The van der Waals surface area contributed by atoms with E-state index < -0.39 is 0 Å². The Morgan fingerprint density at radius 1 is 1.05 bits per heavy atom. The van der Waals surface area contributed by atoms with Crippen molar-refractivity contribution in [3.05, 3.63) is 0 Å². The van der Waals surface area contributed by atoms with Gasteiger partial charge in [0.15, 0.2) is 0 Å². The van der Waals surface area contributed by atoms with Crippen molar-refractivity contribution in [3.63, 3.8) is 0 Å². The molecule has 19 heavy (non-hydrogen) atoms. The average Bonchev–Trinajstić information content (AvgIpc) is 2.88. The van der Waals surface area contributed by atoms with Crippen LogP contribution in [0.2, 0.25) is 0 Å². The van der Waals surface area contributed by atoms with Crippen LogP contribution < -0.4 is 5.32 Å². The molecule has 0 aromatic heterocycles. The van der Waals surface area contributed by atoms with Crippen LogP contribution in [0.1, 0.15) is 57.8 Å². The number of rotatable bonds is 3. The molecule has 0 bridgehead atoms. The summed E-state index contributed by atoms with van der Waals surface area (Å²) in [4.78, 5) is 26.3. The van der Waals surface area contributed by atoms with Crippen LogP contribution in [0.3, 0.4) is 0 Å². The Hall–Kier alpha value is -1.06. The van der Waals surface area contributed by atoms with E-state index in [1.165, 1.54) is 19.3 Å². The van der Waals surface area contributed by atoms with Crippen molar-refractivity contribution in [2.75, 3.05) is 6.54 Å². The second-order valence-electron chi connectivity index (χ2n) is 6.36. The first kappa shape index (κ1) is 12.9. The SMILES string of the molecule is O=C(NC1CCC1)[C@@H]1CCC(=O)N(C2CCCC2)C1. The van der Waals surface area contributed by atoms with Gasteiger partial charge in [0.2, 0.25) is 11.8 Å². The number of likely N-dealkylation sites (tertiary alicyclic amines) is 1. The topological polar surface area (TPSA) is 49.4 Å². The zero-order valence-corrected chi connectivity index (χ0v) is 11.6. The summed E-state index contributed by atoms with van der Waals surface area (Å²) in [5.74, 6) is 0.471. The van der Waals surface area contributed by atoms with Gasteiger partial charge in [-0.15, -0.1) is 0 Å². The molecule has 4 heteroatoms. The fraction of sp³-hybridized carbons (Fsp3) is 0.867. The van der Waals surface area contributed by atoms with Crippen LogP contribution >= 0.6 is 0 Å². The fourth-order valence-electron chi connectivity index (χ4n) is 3.53. The van der Waals surface area contributed by atoms with E-state index in [4.69, 9.17) is 0 Å². The van der Waals surface area contributed by atoms with Gasteiger partial charge < -0.3 is 10.2 Å². The normalized spacial score (nSPS) is 29.4. The zero-order chi connectivity index (χ0) is 13.2. The van der Waals surface area contributed by atoms with Crippen LogP contribution in [0.15, 0.2) is 0 Å². The number of hydrogen-bond acceptors (Lipinski definition) is 2. The Labute approximate surface area is 114 Å². The lowest BCUT2D eigenvalue weighted by Crippen LogP contribution is -2.51. The molecule has 3 rings (SSSR count). The molecular formula is C15H24N2O2. The number of nitrogens with zero attached hydrogens (tertiary/aromatic N) is 1. The van der Waals surface area contributed by atoms with Crippen LogP contribution in [0, 0.1) is 5.92 Å². The van der Waals surface area contributed by atoms with E-state index in [1.54, 1.807) is 0 Å². The summed E-state index contributed by atoms with van der Waals surface area (Å²) >= 11 is 0. The van der Waals surface area contributed by atoms with E-state index in [0.29, 0.717) is 25.0 Å². The maximum absolute atomic E-state index is 12.2. The lowest BCUT2D eigenvalue weighted by atomic mass is 9.90. The lowest BCUT2D eigenvalue weighted by molar-refractivity contribution is -0.140. The predicted octanol–water partition coefficient (Wildman–Crippen LogP) is 1.84. The van der Waals surface area contributed by atoms with Gasteiger partial charge in [0.1, 0.15) is 0 Å². The van der Waals surface area contributed by atoms with Crippen molar-refractivity contribution in [2.45, 2.75) is 69.9 Å². The maximum atomic E-state index is 12.2. The summed E-state index contributed by atoms with van der Waals surface area (Å²) in [6, 6.07) is 0.817. The summed E-state index contributed by atoms with van der Waals surface area (Å²) in [6.07, 6.45) is 9.50. The number of nitrogens with one attached hydrogen (secondary N) is 1. The molecule has 3 fully saturated rings. The molecule has 0 radical (unpaired) electrons. The summed E-state index contributed by atoms with van der Waals surface area (Å²) in [7, 11) is 0. The molecule has 3 aliphatic rings. The minimum Gasteiger partial charge on any atom is -0.353 e. The molecular weight excluding hydrogens is 240 g/mol. The molecule has 2 saturated carbocycles. The fourth-order valence-corrected chi connectivity index (χ4v) is 3.53. The first-order valence-corrected chi connectivity index (χ1v) is 7.84. The smallest absolute Gasteiger partial charge is 0.225 e. The van der Waals surface area contributed by atoms with Crippen molar-refractivity contribution in [1.29, 1.82) is 0 Å². The van der Waals surface area contributed by atoms with Gasteiger partial charge in [0.25, 0.3) is 0 Å². The van der Waals surface area contributed by atoms with Crippen LogP contribution in [-0.2, 0) is 9.59 Å². The molecule has 1 N–H and O–H groups in total. The molecule has 1 saturated heterocycles. The van der Waals surface area contributed by atoms with Gasteiger partial charge in [-0.3, -0.25) is 9.59 Å². The van der Waals surface area contributed by atoms with E-state index in [0.717, 1.165) is 32.1 Å². The third kappa shape index (κ3) is 2.77. The Bertz CT molecular complexity index is 359. The van der Waals surface area contributed by atoms with E-state index in [1.807, 2.05) is 4.90 Å². The Morgan fingerprint density at radius 2 is 1.79 bits per heavy atom. The minimum absolute atomic E-state index is 0.0268. The molecule has 1 heterocycles. The molecule has 2 amide bonds. The highest BCUT2D eigenvalue weighted by atomic mass is 16.2. The number of carbonyl (C=O) groups excluding carboxylic acids is 2. The maximum Gasteiger partial charge on any atom is 0.225 e. The van der Waals surface area contributed by atoms with Crippen molar-refractivity contribution in [3.8, 4) is 0 Å². The van der Waals surface area contributed by atoms with Gasteiger partial charge >= 0.3 is 0 Å². The highest BCUT2D eigenvalue weighted by molar-refractivity contribution is 5.84. The van der Waals surface area contributed by atoms with E-state index >= 15 is 0 Å². The van der Waals surface area contributed by atoms with E-state index in [-0.39, 0.29) is 17.7 Å². The number of carbonyl (C=O) groups is 2. The van der Waals surface area contributed by atoms with E-state index in [9.17, 15) is 9.59 Å². The first-order valence-electron chi connectivity index (χ1n) is 7.84. The molecule has 1 aliphatic heterocycles. The summed E-state index contributed by atoms with van der Waals surface area (Å²) in [6.45, 7) is 0.655. The third-order valence-electron chi connectivity index (χ3n) is 5.03. The molecule has 0 aromatic rings. The standard InChI is InChI=1S/C15H24N2O2/c18-14-9-8-11(15(19)16-12-4-3-5-12)10-17(14)13-6-1-2-7-13/h11-13H,1-10H2,(H,16,19)/t11-/m1/s1. The summed E-state index contributed by atoms with van der Waals surface area (Å²) in [5, 5.41) is 3.14. The van der Waals surface area contributed by atoms with Crippen LogP contribution in [0.5, 0.6) is 0 Å². The number of hydrogen-bond donors (Lipinski definition) is 1. The van der Waals surface area contributed by atoms with Crippen molar-refractivity contribution < 1.29 is 9.59 Å². The van der Waals surface area contributed by atoms with Crippen molar-refractivity contribution in [1.82, 2.24) is 10.2 Å². The van der Waals surface area contributed by atoms with Crippen molar-refractivity contribution in [2.24, 2.45) is 5.92 Å². The predicted molar refractivity (Wildman–Crippen MR) is 72.5 cm³/mol. The Kier molecular flexibility index (Phi) is 3.76. The van der Waals surface area contributed by atoms with Gasteiger partial charge in [-0.05, 0) is 38.5 Å². The highest BCUT2D eigenvalue weighted by Crippen LogP contribution is 2.29. The number of amides is 2. The first-order chi connectivity index (χ1) is 9.24. The largest absolute Gasteiger partial charge is 0.353 e. The third-order valence-corrected chi connectivity index (χ3v) is 5.03.